The molecule has 4 heteroatoms. The smallest absolute Gasteiger partial charge is 0.326 e. The number of likely N-dealkylation sites (N-methyl/N-ethyl adjacent to an activating group) is 1. The number of carbonyl (C=O) groups is 1. The zero-order chi connectivity index (χ0) is 15.9. The van der Waals surface area contributed by atoms with Gasteiger partial charge in [-0.05, 0) is 59.5 Å². The predicted octanol–water partition coefficient (Wildman–Crippen LogP) is 2.96. The minimum absolute atomic E-state index is 0.0619. The van der Waals surface area contributed by atoms with Crippen molar-refractivity contribution >= 4 is 5.97 Å². The Hall–Kier alpha value is -0.610. The van der Waals surface area contributed by atoms with E-state index in [-0.39, 0.29) is 5.97 Å². The highest BCUT2D eigenvalue weighted by Gasteiger charge is 2.44. The number of hydrogen-bond acceptors (Lipinski definition) is 4. The molecule has 21 heavy (non-hydrogen) atoms. The van der Waals surface area contributed by atoms with Crippen LogP contribution in [0.1, 0.15) is 66.2 Å². The summed E-state index contributed by atoms with van der Waals surface area (Å²) in [4.78, 5) is 14.9. The molecule has 1 saturated carbocycles. The molecule has 0 heterocycles. The molecule has 1 N–H and O–H groups in total. The molecule has 0 radical (unpaired) electrons. The topological polar surface area (TPSA) is 41.6 Å². The summed E-state index contributed by atoms with van der Waals surface area (Å²) in [5, 5.41) is 3.44. The lowest BCUT2D eigenvalue weighted by atomic mass is 9.78. The maximum Gasteiger partial charge on any atom is 0.326 e. The van der Waals surface area contributed by atoms with Crippen molar-refractivity contribution < 1.29 is 9.53 Å². The van der Waals surface area contributed by atoms with Crippen molar-refractivity contribution in [2.24, 2.45) is 0 Å². The number of nitrogens with zero attached hydrogens (tertiary/aromatic N) is 1. The fraction of sp³-hybridized carbons (Fsp3) is 0.941. The van der Waals surface area contributed by atoms with Crippen LogP contribution in [0.25, 0.3) is 0 Å². The zero-order valence-electron chi connectivity index (χ0n) is 14.6. The Kier molecular flexibility index (Phi) is 7.67. The second-order valence-corrected chi connectivity index (χ2v) is 6.39. The largest absolute Gasteiger partial charge is 0.465 e. The summed E-state index contributed by atoms with van der Waals surface area (Å²) in [6.45, 7) is 9.73. The molecule has 0 aromatic rings. The average molecular weight is 298 g/mol. The molecule has 0 spiro atoms. The second-order valence-electron chi connectivity index (χ2n) is 6.39. The van der Waals surface area contributed by atoms with Crippen LogP contribution in [0, 0.1) is 0 Å². The molecule has 0 amide bonds. The van der Waals surface area contributed by atoms with E-state index >= 15 is 0 Å². The summed E-state index contributed by atoms with van der Waals surface area (Å²) in [6.07, 6.45) is 6.43. The van der Waals surface area contributed by atoms with Gasteiger partial charge < -0.3 is 15.0 Å². The Morgan fingerprint density at radius 3 is 2.71 bits per heavy atom. The van der Waals surface area contributed by atoms with Crippen molar-refractivity contribution in [2.45, 2.75) is 83.8 Å². The third-order valence-electron chi connectivity index (χ3n) is 4.88. The van der Waals surface area contributed by atoms with Gasteiger partial charge in [0.1, 0.15) is 5.54 Å². The van der Waals surface area contributed by atoms with Crippen LogP contribution >= 0.6 is 0 Å². The van der Waals surface area contributed by atoms with Crippen molar-refractivity contribution in [3.63, 3.8) is 0 Å². The highest BCUT2D eigenvalue weighted by Crippen LogP contribution is 2.33. The van der Waals surface area contributed by atoms with Crippen molar-refractivity contribution in [3.8, 4) is 0 Å². The van der Waals surface area contributed by atoms with Crippen LogP contribution in [-0.2, 0) is 9.53 Å². The van der Waals surface area contributed by atoms with Crippen LogP contribution in [0.15, 0.2) is 0 Å². The van der Waals surface area contributed by atoms with Crippen molar-refractivity contribution in [3.05, 3.63) is 0 Å². The summed E-state index contributed by atoms with van der Waals surface area (Å²) in [5.74, 6) is -0.0619. The molecule has 0 saturated heterocycles. The standard InChI is InChI=1S/C17H34N2O2/c1-6-10-14(4)19(5)15-11-9-12-17(13-15,18-7-2)16(20)21-8-3/h14-15,18H,6-13H2,1-5H3. The maximum absolute atomic E-state index is 12.5. The van der Waals surface area contributed by atoms with Crippen molar-refractivity contribution in [2.75, 3.05) is 20.2 Å². The first-order chi connectivity index (χ1) is 10.0. The molecule has 1 rings (SSSR count). The molecule has 1 aliphatic carbocycles. The molecule has 3 atom stereocenters. The minimum atomic E-state index is -0.478. The number of esters is 1. The molecule has 4 nitrogen and oxygen atoms in total. The van der Waals surface area contributed by atoms with Crippen LogP contribution in [0.3, 0.4) is 0 Å². The van der Waals surface area contributed by atoms with E-state index in [1.54, 1.807) is 0 Å². The predicted molar refractivity (Wildman–Crippen MR) is 87.4 cm³/mol. The molecular weight excluding hydrogens is 264 g/mol. The third-order valence-corrected chi connectivity index (χ3v) is 4.88. The van der Waals surface area contributed by atoms with E-state index in [1.165, 1.54) is 19.3 Å². The van der Waals surface area contributed by atoms with E-state index in [1.807, 2.05) is 6.92 Å². The molecule has 1 fully saturated rings. The minimum Gasteiger partial charge on any atom is -0.465 e. The third kappa shape index (κ3) is 4.68. The SMILES string of the molecule is CCCC(C)N(C)C1CCCC(NCC)(C(=O)OCC)C1. The fourth-order valence-corrected chi connectivity index (χ4v) is 3.60. The van der Waals surface area contributed by atoms with E-state index < -0.39 is 5.54 Å². The lowest BCUT2D eigenvalue weighted by molar-refractivity contribution is -0.154. The fourth-order valence-electron chi connectivity index (χ4n) is 3.60. The number of hydrogen-bond donors (Lipinski definition) is 1. The van der Waals surface area contributed by atoms with Crippen LogP contribution in [0.4, 0.5) is 0 Å². The van der Waals surface area contributed by atoms with Gasteiger partial charge in [-0.15, -0.1) is 0 Å². The Morgan fingerprint density at radius 1 is 1.43 bits per heavy atom. The molecule has 1 aliphatic rings. The van der Waals surface area contributed by atoms with Gasteiger partial charge in [0.05, 0.1) is 6.61 Å². The second kappa shape index (κ2) is 8.74. The van der Waals surface area contributed by atoms with Gasteiger partial charge in [0.15, 0.2) is 0 Å². The quantitative estimate of drug-likeness (QED) is 0.700. The molecule has 3 unspecified atom stereocenters. The van der Waals surface area contributed by atoms with Gasteiger partial charge >= 0.3 is 5.97 Å². The monoisotopic (exact) mass is 298 g/mol. The highest BCUT2D eigenvalue weighted by molar-refractivity contribution is 5.81. The summed E-state index contributed by atoms with van der Waals surface area (Å²) >= 11 is 0. The first-order valence-electron chi connectivity index (χ1n) is 8.64. The number of ether oxygens (including phenoxy) is 1. The van der Waals surface area contributed by atoms with Crippen LogP contribution in [-0.4, -0.2) is 48.7 Å². The van der Waals surface area contributed by atoms with Gasteiger partial charge in [-0.3, -0.25) is 4.79 Å². The van der Waals surface area contributed by atoms with Gasteiger partial charge in [-0.25, -0.2) is 0 Å². The maximum atomic E-state index is 12.5. The van der Waals surface area contributed by atoms with E-state index in [9.17, 15) is 4.79 Å². The van der Waals surface area contributed by atoms with Gasteiger partial charge in [-0.1, -0.05) is 20.3 Å². The van der Waals surface area contributed by atoms with E-state index in [0.29, 0.717) is 18.7 Å². The molecular formula is C17H34N2O2. The Morgan fingerprint density at radius 2 is 2.14 bits per heavy atom. The molecule has 0 bridgehead atoms. The number of rotatable bonds is 8. The van der Waals surface area contributed by atoms with Crippen molar-refractivity contribution in [1.29, 1.82) is 0 Å². The van der Waals surface area contributed by atoms with E-state index in [0.717, 1.165) is 25.8 Å². The Bertz CT molecular complexity index is 318. The molecule has 0 aliphatic heterocycles. The summed E-state index contributed by atoms with van der Waals surface area (Å²) in [5.41, 5.74) is -0.478. The summed E-state index contributed by atoms with van der Waals surface area (Å²) < 4.78 is 5.35. The first-order valence-corrected chi connectivity index (χ1v) is 8.64. The average Bonchev–Trinajstić information content (AvgIpc) is 2.47. The Balaban J connectivity index is 2.80. The lowest BCUT2D eigenvalue weighted by Gasteiger charge is -2.44. The van der Waals surface area contributed by atoms with Crippen LogP contribution in [0.2, 0.25) is 0 Å². The summed E-state index contributed by atoms with van der Waals surface area (Å²) in [7, 11) is 2.21. The normalized spacial score (nSPS) is 27.6. The number of carbonyl (C=O) groups excluding carboxylic acids is 1. The first kappa shape index (κ1) is 18.4. The lowest BCUT2D eigenvalue weighted by Crippen LogP contribution is -2.59. The molecule has 0 aromatic carbocycles. The molecule has 0 aromatic heterocycles. The van der Waals surface area contributed by atoms with E-state index in [4.69, 9.17) is 4.74 Å². The van der Waals surface area contributed by atoms with Crippen LogP contribution < -0.4 is 5.32 Å². The van der Waals surface area contributed by atoms with Crippen LogP contribution in [0.5, 0.6) is 0 Å². The highest BCUT2D eigenvalue weighted by atomic mass is 16.5. The van der Waals surface area contributed by atoms with Gasteiger partial charge in [0.2, 0.25) is 0 Å². The van der Waals surface area contributed by atoms with Gasteiger partial charge in [0, 0.05) is 12.1 Å². The van der Waals surface area contributed by atoms with Crippen molar-refractivity contribution in [1.82, 2.24) is 10.2 Å². The van der Waals surface area contributed by atoms with Gasteiger partial charge in [0.25, 0.3) is 0 Å². The Labute approximate surface area is 130 Å². The number of nitrogens with one attached hydrogen (secondary N) is 1. The van der Waals surface area contributed by atoms with Gasteiger partial charge in [-0.2, -0.15) is 0 Å². The summed E-state index contributed by atoms with van der Waals surface area (Å²) in [6, 6.07) is 1.03. The van der Waals surface area contributed by atoms with E-state index in [2.05, 4.69) is 38.0 Å². The molecule has 124 valence electrons. The zero-order valence-corrected chi connectivity index (χ0v) is 14.6.